The lowest BCUT2D eigenvalue weighted by Crippen LogP contribution is -2.41. The van der Waals surface area contributed by atoms with Gasteiger partial charge in [-0.15, -0.1) is 0 Å². The van der Waals surface area contributed by atoms with E-state index in [4.69, 9.17) is 27.9 Å². The van der Waals surface area contributed by atoms with Gasteiger partial charge in [0.15, 0.2) is 0 Å². The molecular formula is C19H22Cl2N2O4S. The third-order valence-electron chi connectivity index (χ3n) is 4.18. The number of sulfonamides is 1. The van der Waals surface area contributed by atoms with Gasteiger partial charge in [-0.05, 0) is 42.8 Å². The molecule has 152 valence electrons. The molecule has 0 saturated carbocycles. The summed E-state index contributed by atoms with van der Waals surface area (Å²) in [5.74, 6) is 0.288. The van der Waals surface area contributed by atoms with Crippen LogP contribution in [0.2, 0.25) is 10.0 Å². The smallest absolute Gasteiger partial charge is 0.245 e. The van der Waals surface area contributed by atoms with Crippen molar-refractivity contribution in [3.8, 4) is 5.75 Å². The van der Waals surface area contributed by atoms with Gasteiger partial charge in [0.05, 0.1) is 24.7 Å². The van der Waals surface area contributed by atoms with E-state index < -0.39 is 15.9 Å². The summed E-state index contributed by atoms with van der Waals surface area (Å²) in [5, 5.41) is 3.10. The molecule has 1 N–H and O–H groups in total. The van der Waals surface area contributed by atoms with Gasteiger partial charge in [-0.2, -0.15) is 4.31 Å². The maximum atomic E-state index is 12.9. The van der Waals surface area contributed by atoms with Crippen molar-refractivity contribution in [2.75, 3.05) is 20.2 Å². The number of nitrogens with zero attached hydrogens (tertiary/aromatic N) is 1. The van der Waals surface area contributed by atoms with Crippen LogP contribution >= 0.6 is 23.2 Å². The summed E-state index contributed by atoms with van der Waals surface area (Å²) in [6.45, 7) is 3.24. The molecule has 0 spiro atoms. The number of carbonyl (C=O) groups excluding carboxylic acids is 1. The molecule has 0 fully saturated rings. The summed E-state index contributed by atoms with van der Waals surface area (Å²) in [5.41, 5.74) is 0.873. The van der Waals surface area contributed by atoms with Gasteiger partial charge in [-0.25, -0.2) is 8.42 Å². The highest BCUT2D eigenvalue weighted by atomic mass is 35.5. The highest BCUT2D eigenvalue weighted by molar-refractivity contribution is 7.89. The van der Waals surface area contributed by atoms with Gasteiger partial charge >= 0.3 is 0 Å². The Balaban J connectivity index is 2.12. The molecule has 1 atom stereocenters. The second-order valence-electron chi connectivity index (χ2n) is 6.07. The van der Waals surface area contributed by atoms with Gasteiger partial charge in [0.1, 0.15) is 10.6 Å². The number of hydrogen-bond donors (Lipinski definition) is 1. The minimum absolute atomic E-state index is 0.0508. The molecular weight excluding hydrogens is 423 g/mol. The van der Waals surface area contributed by atoms with Crippen molar-refractivity contribution in [2.24, 2.45) is 0 Å². The summed E-state index contributed by atoms with van der Waals surface area (Å²) >= 11 is 11.9. The molecule has 0 bridgehead atoms. The third-order valence-corrected chi connectivity index (χ3v) is 6.81. The average Bonchev–Trinajstić information content (AvgIpc) is 2.67. The number of nitrogens with one attached hydrogen (secondary N) is 1. The third kappa shape index (κ3) is 5.38. The van der Waals surface area contributed by atoms with E-state index in [0.717, 1.165) is 9.87 Å². The maximum absolute atomic E-state index is 12.9. The molecule has 2 aromatic carbocycles. The predicted octanol–water partition coefficient (Wildman–Crippen LogP) is 3.89. The summed E-state index contributed by atoms with van der Waals surface area (Å²) in [7, 11) is -2.39. The monoisotopic (exact) mass is 444 g/mol. The molecule has 0 aromatic heterocycles. The first kappa shape index (κ1) is 22.5. The number of likely N-dealkylation sites (N-methyl/N-ethyl adjacent to an activating group) is 1. The topological polar surface area (TPSA) is 75.7 Å². The number of halogens is 2. The fourth-order valence-electron chi connectivity index (χ4n) is 2.60. The highest BCUT2D eigenvalue weighted by Crippen LogP contribution is 2.27. The van der Waals surface area contributed by atoms with Crippen molar-refractivity contribution in [2.45, 2.75) is 24.8 Å². The zero-order chi connectivity index (χ0) is 20.9. The first-order valence-electron chi connectivity index (χ1n) is 8.57. The molecule has 1 amide bonds. The van der Waals surface area contributed by atoms with Crippen molar-refractivity contribution in [1.29, 1.82) is 0 Å². The van der Waals surface area contributed by atoms with E-state index in [1.807, 2.05) is 19.1 Å². The Kier molecular flexibility index (Phi) is 7.71. The highest BCUT2D eigenvalue weighted by Gasteiger charge is 2.28. The number of carbonyl (C=O) groups is 1. The van der Waals surface area contributed by atoms with Gasteiger partial charge in [0, 0.05) is 11.6 Å². The summed E-state index contributed by atoms with van der Waals surface area (Å²) in [6.07, 6.45) is 0. The first-order chi connectivity index (χ1) is 13.2. The number of amides is 1. The van der Waals surface area contributed by atoms with Crippen LogP contribution in [0.25, 0.3) is 0 Å². The number of benzene rings is 2. The van der Waals surface area contributed by atoms with Crippen LogP contribution < -0.4 is 10.1 Å². The fourth-order valence-corrected chi connectivity index (χ4v) is 4.75. The van der Waals surface area contributed by atoms with Gasteiger partial charge in [-0.1, -0.05) is 42.3 Å². The van der Waals surface area contributed by atoms with Crippen LogP contribution in [0, 0.1) is 0 Å². The normalized spacial score (nSPS) is 12.6. The lowest BCUT2D eigenvalue weighted by atomic mass is 10.1. The number of methoxy groups -OCH3 is 1. The Morgan fingerprint density at radius 2 is 1.82 bits per heavy atom. The van der Waals surface area contributed by atoms with E-state index in [9.17, 15) is 13.2 Å². The van der Waals surface area contributed by atoms with Crippen molar-refractivity contribution in [3.63, 3.8) is 0 Å². The molecule has 0 unspecified atom stereocenters. The lowest BCUT2D eigenvalue weighted by Gasteiger charge is -2.22. The van der Waals surface area contributed by atoms with Crippen molar-refractivity contribution >= 4 is 39.1 Å². The summed E-state index contributed by atoms with van der Waals surface area (Å²) in [6, 6.07) is 11.2. The van der Waals surface area contributed by atoms with Gasteiger partial charge in [-0.3, -0.25) is 4.79 Å². The minimum atomic E-state index is -3.97. The second kappa shape index (κ2) is 9.60. The van der Waals surface area contributed by atoms with Crippen molar-refractivity contribution < 1.29 is 17.9 Å². The Hall–Kier alpha value is -1.80. The minimum Gasteiger partial charge on any atom is -0.497 e. The molecule has 0 saturated heterocycles. The maximum Gasteiger partial charge on any atom is 0.245 e. The first-order valence-corrected chi connectivity index (χ1v) is 10.8. The van der Waals surface area contributed by atoms with Crippen LogP contribution in [0.5, 0.6) is 5.75 Å². The largest absolute Gasteiger partial charge is 0.497 e. The quantitative estimate of drug-likeness (QED) is 0.669. The average molecular weight is 445 g/mol. The summed E-state index contributed by atoms with van der Waals surface area (Å²) in [4.78, 5) is 12.3. The number of hydrogen-bond acceptors (Lipinski definition) is 4. The lowest BCUT2D eigenvalue weighted by molar-refractivity contribution is -0.121. The van der Waals surface area contributed by atoms with Crippen LogP contribution in [0.3, 0.4) is 0 Å². The van der Waals surface area contributed by atoms with Gasteiger partial charge in [0.2, 0.25) is 15.9 Å². The van der Waals surface area contributed by atoms with Crippen molar-refractivity contribution in [3.05, 3.63) is 58.1 Å². The fraction of sp³-hybridized carbons (Fsp3) is 0.316. The van der Waals surface area contributed by atoms with E-state index in [2.05, 4.69) is 5.32 Å². The molecule has 0 aliphatic rings. The van der Waals surface area contributed by atoms with Crippen LogP contribution in [0.15, 0.2) is 47.4 Å². The number of ether oxygens (including phenoxy) is 1. The molecule has 0 aliphatic carbocycles. The Labute approximate surface area is 175 Å². The zero-order valence-corrected chi connectivity index (χ0v) is 18.1. The molecule has 28 heavy (non-hydrogen) atoms. The van der Waals surface area contributed by atoms with E-state index in [-0.39, 0.29) is 34.1 Å². The van der Waals surface area contributed by atoms with E-state index in [1.165, 1.54) is 18.2 Å². The van der Waals surface area contributed by atoms with Gasteiger partial charge < -0.3 is 10.1 Å². The van der Waals surface area contributed by atoms with Crippen LogP contribution in [-0.2, 0) is 14.8 Å². The SMILES string of the molecule is CCN(CC(=O)N[C@H](C)c1ccc(OC)cc1)S(=O)(=O)c1cc(Cl)ccc1Cl. The molecule has 6 nitrogen and oxygen atoms in total. The zero-order valence-electron chi connectivity index (χ0n) is 15.8. The molecule has 0 heterocycles. The number of rotatable bonds is 8. The van der Waals surface area contributed by atoms with E-state index >= 15 is 0 Å². The molecule has 2 aromatic rings. The van der Waals surface area contributed by atoms with Crippen LogP contribution in [0.4, 0.5) is 0 Å². The Morgan fingerprint density at radius 1 is 1.18 bits per heavy atom. The van der Waals surface area contributed by atoms with Crippen molar-refractivity contribution in [1.82, 2.24) is 9.62 Å². The summed E-state index contributed by atoms with van der Waals surface area (Å²) < 4.78 is 31.9. The second-order valence-corrected chi connectivity index (χ2v) is 8.82. The molecule has 0 radical (unpaired) electrons. The van der Waals surface area contributed by atoms with Crippen LogP contribution in [0.1, 0.15) is 25.5 Å². The molecule has 2 rings (SSSR count). The van der Waals surface area contributed by atoms with Crippen LogP contribution in [-0.4, -0.2) is 38.8 Å². The van der Waals surface area contributed by atoms with E-state index in [1.54, 1.807) is 26.2 Å². The molecule has 0 aliphatic heterocycles. The van der Waals surface area contributed by atoms with E-state index in [0.29, 0.717) is 5.75 Å². The Morgan fingerprint density at radius 3 is 2.39 bits per heavy atom. The Bertz CT molecular complexity index is 933. The molecule has 9 heteroatoms. The van der Waals surface area contributed by atoms with Gasteiger partial charge in [0.25, 0.3) is 0 Å². The standard InChI is InChI=1S/C19H22Cl2N2O4S/c1-4-23(28(25,26)18-11-15(20)7-10-17(18)21)12-19(24)22-13(2)14-5-8-16(27-3)9-6-14/h5-11,13H,4,12H2,1-3H3,(H,22,24)/t13-/m1/s1. The predicted molar refractivity (Wildman–Crippen MR) is 110 cm³/mol.